The SMILES string of the molecule is OC[C@@H](O)CNCc1cc(Cl)c(OCc2c(F)ccc(-c3ccccc3)c2Cl)cc1OCc1ccc2nonc2c1. The first-order valence-corrected chi connectivity index (χ1v) is 13.5. The molecule has 0 spiro atoms. The van der Waals surface area contributed by atoms with Crippen molar-refractivity contribution in [2.24, 2.45) is 0 Å². The lowest BCUT2D eigenvalue weighted by Gasteiger charge is -2.17. The second kappa shape index (κ2) is 13.3. The number of hydrogen-bond donors (Lipinski definition) is 3. The first-order valence-electron chi connectivity index (χ1n) is 12.7. The monoisotopic (exact) mass is 597 g/mol. The number of nitrogens with zero attached hydrogens (tertiary/aromatic N) is 2. The van der Waals surface area contributed by atoms with E-state index in [1.165, 1.54) is 6.07 Å². The fraction of sp³-hybridized carbons (Fsp3) is 0.200. The Morgan fingerprint density at radius 2 is 1.68 bits per heavy atom. The molecule has 5 rings (SSSR count). The Kier molecular flexibility index (Phi) is 9.33. The molecule has 1 aromatic heterocycles. The van der Waals surface area contributed by atoms with E-state index in [0.717, 1.165) is 11.1 Å². The smallest absolute Gasteiger partial charge is 0.142 e. The number of fused-ring (bicyclic) bond motifs is 1. The van der Waals surface area contributed by atoms with Gasteiger partial charge in [-0.05, 0) is 51.8 Å². The molecular formula is C30H26Cl2FN3O5. The first kappa shape index (κ1) is 28.8. The number of ether oxygens (including phenoxy) is 2. The molecule has 0 aliphatic heterocycles. The van der Waals surface area contributed by atoms with E-state index >= 15 is 0 Å². The van der Waals surface area contributed by atoms with E-state index in [2.05, 4.69) is 15.6 Å². The molecule has 11 heteroatoms. The van der Waals surface area contributed by atoms with Crippen LogP contribution in [0, 0.1) is 5.82 Å². The number of aliphatic hydroxyl groups excluding tert-OH is 2. The van der Waals surface area contributed by atoms with Gasteiger partial charge in [-0.25, -0.2) is 9.02 Å². The lowest BCUT2D eigenvalue weighted by atomic mass is 10.0. The highest BCUT2D eigenvalue weighted by Crippen LogP contribution is 2.36. The highest BCUT2D eigenvalue weighted by Gasteiger charge is 2.17. The molecule has 8 nitrogen and oxygen atoms in total. The minimum Gasteiger partial charge on any atom is -0.488 e. The fourth-order valence-corrected chi connectivity index (χ4v) is 4.75. The van der Waals surface area contributed by atoms with Crippen molar-refractivity contribution in [3.05, 3.63) is 105 Å². The molecule has 0 bridgehead atoms. The van der Waals surface area contributed by atoms with Gasteiger partial charge in [-0.3, -0.25) is 0 Å². The summed E-state index contributed by atoms with van der Waals surface area (Å²) in [6.07, 6.45) is -0.911. The first-order chi connectivity index (χ1) is 19.9. The van der Waals surface area contributed by atoms with Crippen LogP contribution in [0.15, 0.2) is 77.4 Å². The van der Waals surface area contributed by atoms with Gasteiger partial charge >= 0.3 is 0 Å². The Morgan fingerprint density at radius 1 is 0.902 bits per heavy atom. The van der Waals surface area contributed by atoms with E-state index in [1.807, 2.05) is 36.4 Å². The van der Waals surface area contributed by atoms with Crippen LogP contribution in [0.2, 0.25) is 10.0 Å². The number of halogens is 3. The van der Waals surface area contributed by atoms with Crippen molar-refractivity contribution in [2.45, 2.75) is 25.9 Å². The third-order valence-electron chi connectivity index (χ3n) is 6.38. The number of hydrogen-bond acceptors (Lipinski definition) is 8. The van der Waals surface area contributed by atoms with Gasteiger partial charge in [0.25, 0.3) is 0 Å². The fourth-order valence-electron chi connectivity index (χ4n) is 4.20. The van der Waals surface area contributed by atoms with Gasteiger partial charge in [-0.1, -0.05) is 59.6 Å². The van der Waals surface area contributed by atoms with Crippen LogP contribution in [-0.2, 0) is 19.8 Å². The molecule has 212 valence electrons. The van der Waals surface area contributed by atoms with Crippen molar-refractivity contribution in [2.75, 3.05) is 13.2 Å². The lowest BCUT2D eigenvalue weighted by molar-refractivity contribution is 0.0941. The van der Waals surface area contributed by atoms with Crippen molar-refractivity contribution >= 4 is 34.2 Å². The third kappa shape index (κ3) is 6.95. The predicted molar refractivity (Wildman–Crippen MR) is 154 cm³/mol. The van der Waals surface area contributed by atoms with Crippen LogP contribution in [0.25, 0.3) is 22.2 Å². The molecule has 0 fully saturated rings. The van der Waals surface area contributed by atoms with Crippen LogP contribution >= 0.6 is 23.2 Å². The topological polar surface area (TPSA) is 110 Å². The third-order valence-corrected chi connectivity index (χ3v) is 7.10. The summed E-state index contributed by atoms with van der Waals surface area (Å²) in [4.78, 5) is 0. The number of rotatable bonds is 12. The van der Waals surface area contributed by atoms with E-state index in [4.69, 9.17) is 42.4 Å². The zero-order valence-corrected chi connectivity index (χ0v) is 23.2. The zero-order chi connectivity index (χ0) is 28.8. The minimum absolute atomic E-state index is 0.164. The zero-order valence-electron chi connectivity index (χ0n) is 21.7. The van der Waals surface area contributed by atoms with E-state index in [-0.39, 0.29) is 54.3 Å². The normalized spacial score (nSPS) is 12.0. The van der Waals surface area contributed by atoms with E-state index in [0.29, 0.717) is 27.9 Å². The van der Waals surface area contributed by atoms with Crippen molar-refractivity contribution in [1.82, 2.24) is 15.6 Å². The molecule has 0 aliphatic rings. The molecular weight excluding hydrogens is 572 g/mol. The van der Waals surface area contributed by atoms with Gasteiger partial charge in [0, 0.05) is 35.8 Å². The highest BCUT2D eigenvalue weighted by molar-refractivity contribution is 6.34. The van der Waals surface area contributed by atoms with E-state index in [1.54, 1.807) is 30.3 Å². The Balaban J connectivity index is 1.38. The second-order valence-corrected chi connectivity index (χ2v) is 10.1. The maximum Gasteiger partial charge on any atom is 0.142 e. The summed E-state index contributed by atoms with van der Waals surface area (Å²) in [5, 5.41) is 30.1. The molecule has 5 aromatic rings. The quantitative estimate of drug-likeness (QED) is 0.162. The predicted octanol–water partition coefficient (Wildman–Crippen LogP) is 5.94. The van der Waals surface area contributed by atoms with Crippen LogP contribution < -0.4 is 14.8 Å². The van der Waals surface area contributed by atoms with Crippen molar-refractivity contribution in [3.8, 4) is 22.6 Å². The van der Waals surface area contributed by atoms with Crippen LogP contribution in [-0.4, -0.2) is 39.8 Å². The van der Waals surface area contributed by atoms with Gasteiger partial charge in [-0.2, -0.15) is 0 Å². The van der Waals surface area contributed by atoms with Crippen molar-refractivity contribution in [1.29, 1.82) is 0 Å². The standard InChI is InChI=1S/C30H26Cl2FN3O5/c31-24-11-20(13-34-14-21(38)15-37)28(39-16-18-6-9-26-27(10-18)36-41-35-26)12-29(24)40-17-23-25(33)8-7-22(30(23)32)19-4-2-1-3-5-19/h1-12,21,34,37-38H,13-17H2/t21-/m0/s1. The van der Waals surface area contributed by atoms with Gasteiger partial charge in [0.05, 0.1) is 22.8 Å². The number of aliphatic hydroxyl groups is 2. The molecule has 1 atom stereocenters. The Bertz CT molecular complexity index is 1630. The summed E-state index contributed by atoms with van der Waals surface area (Å²) in [6, 6.07) is 21.2. The van der Waals surface area contributed by atoms with Crippen LogP contribution in [0.3, 0.4) is 0 Å². The number of benzene rings is 4. The second-order valence-electron chi connectivity index (χ2n) is 9.28. The van der Waals surface area contributed by atoms with Crippen molar-refractivity contribution < 1.29 is 28.7 Å². The largest absolute Gasteiger partial charge is 0.488 e. The van der Waals surface area contributed by atoms with Crippen molar-refractivity contribution in [3.63, 3.8) is 0 Å². The van der Waals surface area contributed by atoms with Gasteiger partial charge < -0.3 is 25.0 Å². The van der Waals surface area contributed by atoms with Crippen LogP contribution in [0.4, 0.5) is 4.39 Å². The van der Waals surface area contributed by atoms with E-state index in [9.17, 15) is 9.50 Å². The van der Waals surface area contributed by atoms with Crippen LogP contribution in [0.1, 0.15) is 16.7 Å². The molecule has 0 amide bonds. The van der Waals surface area contributed by atoms with E-state index < -0.39 is 11.9 Å². The van der Waals surface area contributed by atoms with Gasteiger partial charge in [-0.15, -0.1) is 0 Å². The molecule has 41 heavy (non-hydrogen) atoms. The molecule has 0 unspecified atom stereocenters. The summed E-state index contributed by atoms with van der Waals surface area (Å²) in [6.45, 7) is 0.111. The average Bonchev–Trinajstić information content (AvgIpc) is 3.45. The highest BCUT2D eigenvalue weighted by atomic mass is 35.5. The summed E-state index contributed by atoms with van der Waals surface area (Å²) in [5.74, 6) is 0.235. The summed E-state index contributed by atoms with van der Waals surface area (Å²) in [5.41, 5.74) is 4.49. The molecule has 1 heterocycles. The molecule has 0 saturated heterocycles. The van der Waals surface area contributed by atoms with Gasteiger partial charge in [0.2, 0.25) is 0 Å². The Hall–Kier alpha value is -3.73. The molecule has 0 saturated carbocycles. The summed E-state index contributed by atoms with van der Waals surface area (Å²) < 4.78 is 31.7. The summed E-state index contributed by atoms with van der Waals surface area (Å²) >= 11 is 13.2. The Labute approximate surface area is 245 Å². The molecule has 3 N–H and O–H groups in total. The molecule has 4 aromatic carbocycles. The number of nitrogens with one attached hydrogen (secondary N) is 1. The molecule has 0 radical (unpaired) electrons. The number of aromatic nitrogens is 2. The Morgan fingerprint density at radius 3 is 2.49 bits per heavy atom. The lowest BCUT2D eigenvalue weighted by Crippen LogP contribution is -2.29. The van der Waals surface area contributed by atoms with Gasteiger partial charge in [0.15, 0.2) is 0 Å². The summed E-state index contributed by atoms with van der Waals surface area (Å²) in [7, 11) is 0. The maximum atomic E-state index is 14.8. The minimum atomic E-state index is -0.911. The molecule has 0 aliphatic carbocycles. The van der Waals surface area contributed by atoms with Crippen LogP contribution in [0.5, 0.6) is 11.5 Å². The van der Waals surface area contributed by atoms with Gasteiger partial charge in [0.1, 0.15) is 41.6 Å². The average molecular weight is 598 g/mol. The maximum absolute atomic E-state index is 14.8.